The quantitative estimate of drug-likeness (QED) is 0.545. The predicted octanol–water partition coefficient (Wildman–Crippen LogP) is 3.53. The van der Waals surface area contributed by atoms with E-state index in [1.54, 1.807) is 0 Å². The number of hydrogen-bond donors (Lipinski definition) is 3. The molecule has 0 bridgehead atoms. The lowest BCUT2D eigenvalue weighted by Crippen LogP contribution is -2.51. The van der Waals surface area contributed by atoms with Crippen molar-refractivity contribution in [3.05, 3.63) is 35.8 Å². The van der Waals surface area contributed by atoms with Crippen molar-refractivity contribution in [2.24, 2.45) is 0 Å². The van der Waals surface area contributed by atoms with Crippen molar-refractivity contribution in [1.29, 1.82) is 0 Å². The molecule has 1 aromatic carbocycles. The fourth-order valence-corrected chi connectivity index (χ4v) is 3.65. The molecular formula is C20H21F6N3O3. The standard InChI is InChI=1S/C20H21F6N3O3/c21-14-6-10-5-11(8-27-15(10)7-16(14)32-19(22)23)18(31)29-13-3-1-12(2-4-13)28-17(9-30)20(24,25)26/h5-8,12-13,17,19,28,30H,1-4,9H2,(H,29,31)/t12-,13-,17-/m1/s1. The molecule has 12 heteroatoms. The summed E-state index contributed by atoms with van der Waals surface area (Å²) in [6.45, 7) is -4.24. The highest BCUT2D eigenvalue weighted by molar-refractivity contribution is 5.97. The summed E-state index contributed by atoms with van der Waals surface area (Å²) >= 11 is 0. The van der Waals surface area contributed by atoms with Gasteiger partial charge >= 0.3 is 12.8 Å². The zero-order valence-corrected chi connectivity index (χ0v) is 16.6. The molecule has 0 spiro atoms. The van der Waals surface area contributed by atoms with Crippen LogP contribution in [0.15, 0.2) is 24.4 Å². The Kier molecular flexibility index (Phi) is 7.44. The minimum atomic E-state index is -4.55. The number of nitrogens with zero attached hydrogens (tertiary/aromatic N) is 1. The van der Waals surface area contributed by atoms with Crippen LogP contribution in [0.3, 0.4) is 0 Å². The number of ether oxygens (including phenoxy) is 1. The summed E-state index contributed by atoms with van der Waals surface area (Å²) < 4.78 is 81.0. The molecule has 1 aliphatic carbocycles. The van der Waals surface area contributed by atoms with Crippen molar-refractivity contribution in [3.63, 3.8) is 0 Å². The number of carbonyl (C=O) groups excluding carboxylic acids is 1. The molecule has 3 N–H and O–H groups in total. The van der Waals surface area contributed by atoms with E-state index in [2.05, 4.69) is 20.4 Å². The lowest BCUT2D eigenvalue weighted by molar-refractivity contribution is -0.166. The number of fused-ring (bicyclic) bond motifs is 1. The molecule has 0 aliphatic heterocycles. The average molecular weight is 465 g/mol. The molecule has 1 aromatic heterocycles. The zero-order chi connectivity index (χ0) is 23.5. The maximum Gasteiger partial charge on any atom is 0.406 e. The van der Waals surface area contributed by atoms with E-state index in [1.165, 1.54) is 12.3 Å². The van der Waals surface area contributed by atoms with E-state index in [0.29, 0.717) is 25.7 Å². The number of aliphatic hydroxyl groups is 1. The van der Waals surface area contributed by atoms with Crippen LogP contribution in [0.5, 0.6) is 5.75 Å². The van der Waals surface area contributed by atoms with Gasteiger partial charge in [0, 0.05) is 29.7 Å². The van der Waals surface area contributed by atoms with Crippen molar-refractivity contribution < 1.29 is 41.0 Å². The van der Waals surface area contributed by atoms with E-state index in [0.717, 1.165) is 12.1 Å². The Balaban J connectivity index is 1.59. The van der Waals surface area contributed by atoms with Crippen molar-refractivity contribution in [3.8, 4) is 5.75 Å². The Hall–Kier alpha value is -2.60. The number of alkyl halides is 5. The SMILES string of the molecule is O=C(N[C@H]1CC[C@H](N[C@H](CO)C(F)(F)F)CC1)c1cnc2cc(OC(F)F)c(F)cc2c1. The lowest BCUT2D eigenvalue weighted by Gasteiger charge is -2.32. The number of carbonyl (C=O) groups is 1. The molecule has 2 aromatic rings. The first-order chi connectivity index (χ1) is 15.1. The van der Waals surface area contributed by atoms with Crippen LogP contribution in [0.25, 0.3) is 10.9 Å². The van der Waals surface area contributed by atoms with Crippen LogP contribution in [-0.4, -0.2) is 53.5 Å². The van der Waals surface area contributed by atoms with Crippen LogP contribution < -0.4 is 15.4 Å². The van der Waals surface area contributed by atoms with Crippen molar-refractivity contribution in [2.45, 2.75) is 56.6 Å². The molecule has 1 amide bonds. The molecule has 32 heavy (non-hydrogen) atoms. The fourth-order valence-electron chi connectivity index (χ4n) is 3.65. The molecule has 0 unspecified atom stereocenters. The normalized spacial score (nSPS) is 20.4. The molecule has 0 radical (unpaired) electrons. The topological polar surface area (TPSA) is 83.5 Å². The Morgan fingerprint density at radius 1 is 1.16 bits per heavy atom. The molecule has 176 valence electrons. The molecule has 1 saturated carbocycles. The number of aliphatic hydroxyl groups excluding tert-OH is 1. The summed E-state index contributed by atoms with van der Waals surface area (Å²) in [5.74, 6) is -2.17. The monoisotopic (exact) mass is 465 g/mol. The minimum absolute atomic E-state index is 0.122. The number of hydrogen-bond acceptors (Lipinski definition) is 5. The van der Waals surface area contributed by atoms with Gasteiger partial charge in [-0.1, -0.05) is 0 Å². The highest BCUT2D eigenvalue weighted by Crippen LogP contribution is 2.27. The number of nitrogens with one attached hydrogen (secondary N) is 2. The maximum atomic E-state index is 13.9. The van der Waals surface area contributed by atoms with Gasteiger partial charge in [0.2, 0.25) is 0 Å². The van der Waals surface area contributed by atoms with E-state index in [1.807, 2.05) is 0 Å². The largest absolute Gasteiger partial charge is 0.432 e. The van der Waals surface area contributed by atoms with Gasteiger partial charge < -0.3 is 20.5 Å². The number of rotatable bonds is 7. The Bertz CT molecular complexity index is 948. The van der Waals surface area contributed by atoms with Crippen molar-refractivity contribution in [1.82, 2.24) is 15.6 Å². The average Bonchev–Trinajstić information content (AvgIpc) is 2.72. The first-order valence-electron chi connectivity index (χ1n) is 9.85. The zero-order valence-electron chi connectivity index (χ0n) is 16.6. The van der Waals surface area contributed by atoms with Gasteiger partial charge in [-0.05, 0) is 37.8 Å². The Morgan fingerprint density at radius 2 is 1.81 bits per heavy atom. The van der Waals surface area contributed by atoms with Crippen LogP contribution in [-0.2, 0) is 0 Å². The molecule has 6 nitrogen and oxygen atoms in total. The van der Waals surface area contributed by atoms with Gasteiger partial charge in [0.1, 0.15) is 6.04 Å². The number of amides is 1. The second kappa shape index (κ2) is 9.90. The summed E-state index contributed by atoms with van der Waals surface area (Å²) in [7, 11) is 0. The first-order valence-corrected chi connectivity index (χ1v) is 9.85. The number of benzene rings is 1. The highest BCUT2D eigenvalue weighted by atomic mass is 19.4. The van der Waals surface area contributed by atoms with Gasteiger partial charge in [0.25, 0.3) is 5.91 Å². The molecule has 1 fully saturated rings. The van der Waals surface area contributed by atoms with E-state index in [9.17, 15) is 31.1 Å². The molecule has 1 atom stereocenters. The van der Waals surface area contributed by atoms with Crippen LogP contribution >= 0.6 is 0 Å². The van der Waals surface area contributed by atoms with Gasteiger partial charge in [-0.3, -0.25) is 9.78 Å². The number of pyridine rings is 1. The predicted molar refractivity (Wildman–Crippen MR) is 102 cm³/mol. The van der Waals surface area contributed by atoms with Crippen LogP contribution in [0.4, 0.5) is 26.3 Å². The third kappa shape index (κ3) is 6.00. The second-order valence-corrected chi connectivity index (χ2v) is 7.54. The molecule has 3 rings (SSSR count). The number of aromatic nitrogens is 1. The van der Waals surface area contributed by atoms with E-state index >= 15 is 0 Å². The smallest absolute Gasteiger partial charge is 0.406 e. The van der Waals surface area contributed by atoms with Gasteiger partial charge in [-0.2, -0.15) is 22.0 Å². The lowest BCUT2D eigenvalue weighted by atomic mass is 9.90. The van der Waals surface area contributed by atoms with Gasteiger partial charge in [-0.15, -0.1) is 0 Å². The van der Waals surface area contributed by atoms with Gasteiger partial charge in [0.05, 0.1) is 17.7 Å². The van der Waals surface area contributed by atoms with Crippen LogP contribution in [0, 0.1) is 5.82 Å². The second-order valence-electron chi connectivity index (χ2n) is 7.54. The van der Waals surface area contributed by atoms with Gasteiger partial charge in [0.15, 0.2) is 11.6 Å². The fraction of sp³-hybridized carbons (Fsp3) is 0.500. The number of halogens is 6. The third-order valence-corrected chi connectivity index (χ3v) is 5.29. The Morgan fingerprint density at radius 3 is 2.41 bits per heavy atom. The Labute approximate surface area is 179 Å². The van der Waals surface area contributed by atoms with Crippen LogP contribution in [0.2, 0.25) is 0 Å². The summed E-state index contributed by atoms with van der Waals surface area (Å²) in [4.78, 5) is 16.5. The van der Waals surface area contributed by atoms with Gasteiger partial charge in [-0.25, -0.2) is 4.39 Å². The third-order valence-electron chi connectivity index (χ3n) is 5.29. The summed E-state index contributed by atoms with van der Waals surface area (Å²) in [5.41, 5.74) is 0.283. The molecule has 1 aliphatic rings. The van der Waals surface area contributed by atoms with Crippen LogP contribution in [0.1, 0.15) is 36.0 Å². The minimum Gasteiger partial charge on any atom is -0.432 e. The molecule has 0 saturated heterocycles. The summed E-state index contributed by atoms with van der Waals surface area (Å²) in [5, 5.41) is 14.3. The highest BCUT2D eigenvalue weighted by Gasteiger charge is 2.40. The molecule has 1 heterocycles. The first kappa shape index (κ1) is 24.1. The summed E-state index contributed by atoms with van der Waals surface area (Å²) in [6, 6.07) is 0.605. The molecular weight excluding hydrogens is 444 g/mol. The van der Waals surface area contributed by atoms with E-state index in [-0.39, 0.29) is 22.5 Å². The van der Waals surface area contributed by atoms with E-state index in [4.69, 9.17) is 5.11 Å². The summed E-state index contributed by atoms with van der Waals surface area (Å²) in [6.07, 6.45) is -1.71. The van der Waals surface area contributed by atoms with Crippen molar-refractivity contribution in [2.75, 3.05) is 6.61 Å². The maximum absolute atomic E-state index is 13.9. The van der Waals surface area contributed by atoms with E-state index < -0.39 is 49.0 Å². The van der Waals surface area contributed by atoms with Crippen molar-refractivity contribution >= 4 is 16.8 Å².